The highest BCUT2D eigenvalue weighted by Gasteiger charge is 2.22. The Labute approximate surface area is 107 Å². The molecule has 0 bridgehead atoms. The van der Waals surface area contributed by atoms with Crippen molar-refractivity contribution < 1.29 is 0 Å². The number of nitrogens with two attached hydrogens (primary N) is 1. The normalized spacial score (nSPS) is 26.3. The molecule has 5 nitrogen and oxygen atoms in total. The maximum Gasteiger partial charge on any atom is 0.0967 e. The molecule has 0 aliphatic carbocycles. The molecule has 2 atom stereocenters. The van der Waals surface area contributed by atoms with E-state index in [1.54, 1.807) is 0 Å². The van der Waals surface area contributed by atoms with Gasteiger partial charge in [-0.3, -0.25) is 9.58 Å². The van der Waals surface area contributed by atoms with Crippen LogP contribution in [0.4, 0.5) is 0 Å². The van der Waals surface area contributed by atoms with Crippen molar-refractivity contribution in [3.63, 3.8) is 0 Å². The molecule has 0 aromatic carbocycles. The van der Waals surface area contributed by atoms with Crippen LogP contribution in [0.5, 0.6) is 0 Å². The Balaban J connectivity index is 1.90. The number of thioether (sulfide) groups is 1. The Morgan fingerprint density at radius 1 is 1.41 bits per heavy atom. The highest BCUT2D eigenvalue weighted by Crippen LogP contribution is 2.25. The standard InChI is InChI=1S/C11H21N5S/c1-9-5-15(6-10(2)17-9)7-11-8-16(4-3-12)14-13-11/h8-10H,3-7,12H2,1-2H3. The molecule has 1 saturated heterocycles. The van der Waals surface area contributed by atoms with E-state index < -0.39 is 0 Å². The molecular formula is C11H21N5S. The molecule has 0 spiro atoms. The van der Waals surface area contributed by atoms with E-state index >= 15 is 0 Å². The van der Waals surface area contributed by atoms with E-state index in [0.717, 1.165) is 31.9 Å². The summed E-state index contributed by atoms with van der Waals surface area (Å²) in [5.74, 6) is 0. The van der Waals surface area contributed by atoms with Crippen molar-refractivity contribution in [3.8, 4) is 0 Å². The number of aromatic nitrogens is 3. The largest absolute Gasteiger partial charge is 0.329 e. The molecule has 1 aliphatic rings. The van der Waals surface area contributed by atoms with Gasteiger partial charge in [0.05, 0.1) is 12.2 Å². The van der Waals surface area contributed by atoms with Crippen molar-refractivity contribution in [3.05, 3.63) is 11.9 Å². The number of nitrogens with zero attached hydrogens (tertiary/aromatic N) is 4. The fourth-order valence-corrected chi connectivity index (χ4v) is 3.68. The molecule has 2 N–H and O–H groups in total. The van der Waals surface area contributed by atoms with Crippen molar-refractivity contribution in [2.24, 2.45) is 5.73 Å². The van der Waals surface area contributed by atoms with Crippen molar-refractivity contribution in [1.29, 1.82) is 0 Å². The summed E-state index contributed by atoms with van der Waals surface area (Å²) in [4.78, 5) is 2.46. The Kier molecular flexibility index (Phi) is 4.42. The van der Waals surface area contributed by atoms with E-state index in [2.05, 4.69) is 40.8 Å². The first-order valence-corrected chi connectivity index (χ1v) is 7.08. The van der Waals surface area contributed by atoms with Crippen LogP contribution in [0.25, 0.3) is 0 Å². The third kappa shape index (κ3) is 3.69. The van der Waals surface area contributed by atoms with Crippen LogP contribution in [-0.2, 0) is 13.1 Å². The minimum absolute atomic E-state index is 0.608. The topological polar surface area (TPSA) is 60.0 Å². The first kappa shape index (κ1) is 12.9. The molecule has 0 saturated carbocycles. The maximum atomic E-state index is 5.49. The van der Waals surface area contributed by atoms with Gasteiger partial charge in [0.1, 0.15) is 0 Å². The molecule has 17 heavy (non-hydrogen) atoms. The van der Waals surface area contributed by atoms with Gasteiger partial charge in [-0.2, -0.15) is 11.8 Å². The Morgan fingerprint density at radius 2 is 2.12 bits per heavy atom. The van der Waals surface area contributed by atoms with Crippen LogP contribution in [0.3, 0.4) is 0 Å². The monoisotopic (exact) mass is 255 g/mol. The lowest BCUT2D eigenvalue weighted by molar-refractivity contribution is 0.260. The van der Waals surface area contributed by atoms with Gasteiger partial charge >= 0.3 is 0 Å². The molecule has 0 amide bonds. The molecule has 1 aromatic heterocycles. The fraction of sp³-hybridized carbons (Fsp3) is 0.818. The van der Waals surface area contributed by atoms with E-state index in [0.29, 0.717) is 17.0 Å². The average Bonchev–Trinajstić information content (AvgIpc) is 2.64. The molecule has 2 rings (SSSR count). The predicted molar refractivity (Wildman–Crippen MR) is 70.9 cm³/mol. The molecule has 1 fully saturated rings. The third-order valence-corrected chi connectivity index (χ3v) is 4.05. The summed E-state index contributed by atoms with van der Waals surface area (Å²) in [6.07, 6.45) is 2.00. The highest BCUT2D eigenvalue weighted by molar-refractivity contribution is 8.00. The first-order valence-electron chi connectivity index (χ1n) is 6.14. The van der Waals surface area contributed by atoms with Gasteiger partial charge in [0.25, 0.3) is 0 Å². The predicted octanol–water partition coefficient (Wildman–Crippen LogP) is 0.563. The first-order chi connectivity index (χ1) is 8.17. The highest BCUT2D eigenvalue weighted by atomic mass is 32.2. The summed E-state index contributed by atoms with van der Waals surface area (Å²) in [6, 6.07) is 0. The molecule has 0 radical (unpaired) electrons. The lowest BCUT2D eigenvalue weighted by Crippen LogP contribution is -2.39. The van der Waals surface area contributed by atoms with Crippen molar-refractivity contribution >= 4 is 11.8 Å². The number of rotatable bonds is 4. The van der Waals surface area contributed by atoms with Crippen molar-refractivity contribution in [2.75, 3.05) is 19.6 Å². The fourth-order valence-electron chi connectivity index (χ4n) is 2.30. The quantitative estimate of drug-likeness (QED) is 0.852. The lowest BCUT2D eigenvalue weighted by atomic mass is 10.3. The molecule has 1 aliphatic heterocycles. The average molecular weight is 255 g/mol. The van der Waals surface area contributed by atoms with E-state index in [1.165, 1.54) is 0 Å². The smallest absolute Gasteiger partial charge is 0.0967 e. The van der Waals surface area contributed by atoms with Crippen LogP contribution in [0.1, 0.15) is 19.5 Å². The van der Waals surface area contributed by atoms with E-state index in [9.17, 15) is 0 Å². The van der Waals surface area contributed by atoms with Gasteiger partial charge in [-0.15, -0.1) is 5.10 Å². The third-order valence-electron chi connectivity index (χ3n) is 2.83. The summed E-state index contributed by atoms with van der Waals surface area (Å²) >= 11 is 2.07. The number of hydrogen-bond donors (Lipinski definition) is 1. The molecule has 2 unspecified atom stereocenters. The summed E-state index contributed by atoms with van der Waals surface area (Å²) in [7, 11) is 0. The van der Waals surface area contributed by atoms with Gasteiger partial charge in [0, 0.05) is 42.9 Å². The minimum atomic E-state index is 0.608. The van der Waals surface area contributed by atoms with Crippen LogP contribution >= 0.6 is 11.8 Å². The van der Waals surface area contributed by atoms with Gasteiger partial charge in [0.2, 0.25) is 0 Å². The summed E-state index contributed by atoms with van der Waals surface area (Å²) in [5.41, 5.74) is 6.53. The Morgan fingerprint density at radius 3 is 2.76 bits per heavy atom. The molecular weight excluding hydrogens is 234 g/mol. The van der Waals surface area contributed by atoms with Crippen LogP contribution in [0.15, 0.2) is 6.20 Å². The Bertz CT molecular complexity index is 343. The second-order valence-electron chi connectivity index (χ2n) is 4.71. The van der Waals surface area contributed by atoms with Crippen LogP contribution in [0, 0.1) is 0 Å². The molecule has 2 heterocycles. The van der Waals surface area contributed by atoms with E-state index in [-0.39, 0.29) is 0 Å². The number of hydrogen-bond acceptors (Lipinski definition) is 5. The van der Waals surface area contributed by atoms with Gasteiger partial charge in [-0.1, -0.05) is 19.1 Å². The molecule has 96 valence electrons. The molecule has 1 aromatic rings. The second kappa shape index (κ2) is 5.84. The van der Waals surface area contributed by atoms with Gasteiger partial charge < -0.3 is 5.73 Å². The SMILES string of the molecule is CC1CN(Cc2cn(CCN)nn2)CC(C)S1. The van der Waals surface area contributed by atoms with Crippen LogP contribution in [0.2, 0.25) is 0 Å². The van der Waals surface area contributed by atoms with E-state index in [4.69, 9.17) is 5.73 Å². The Hall–Kier alpha value is -0.590. The molecule has 6 heteroatoms. The van der Waals surface area contributed by atoms with E-state index in [1.807, 2.05) is 10.9 Å². The van der Waals surface area contributed by atoms with Crippen LogP contribution in [-0.4, -0.2) is 50.0 Å². The summed E-state index contributed by atoms with van der Waals surface area (Å²) < 4.78 is 1.82. The minimum Gasteiger partial charge on any atom is -0.329 e. The zero-order chi connectivity index (χ0) is 12.3. The zero-order valence-electron chi connectivity index (χ0n) is 10.5. The summed E-state index contributed by atoms with van der Waals surface area (Å²) in [5, 5.41) is 9.66. The van der Waals surface area contributed by atoms with Crippen molar-refractivity contribution in [2.45, 2.75) is 37.4 Å². The van der Waals surface area contributed by atoms with Crippen LogP contribution < -0.4 is 5.73 Å². The second-order valence-corrected chi connectivity index (χ2v) is 6.59. The van der Waals surface area contributed by atoms with Gasteiger partial charge in [-0.25, -0.2) is 0 Å². The van der Waals surface area contributed by atoms with Gasteiger partial charge in [0.15, 0.2) is 0 Å². The van der Waals surface area contributed by atoms with Gasteiger partial charge in [-0.05, 0) is 0 Å². The lowest BCUT2D eigenvalue weighted by Gasteiger charge is -2.33. The maximum absolute atomic E-state index is 5.49. The zero-order valence-corrected chi connectivity index (χ0v) is 11.4. The summed E-state index contributed by atoms with van der Waals surface area (Å²) in [6.45, 7) is 9.11. The van der Waals surface area contributed by atoms with Crippen molar-refractivity contribution in [1.82, 2.24) is 19.9 Å².